The van der Waals surface area contributed by atoms with Crippen LogP contribution < -0.4 is 4.90 Å². The van der Waals surface area contributed by atoms with E-state index in [0.717, 1.165) is 50.0 Å². The average Bonchev–Trinajstić information content (AvgIpc) is 3.17. The number of nitrogens with zero attached hydrogens (tertiary/aromatic N) is 6. The quantitative estimate of drug-likeness (QED) is 0.816. The van der Waals surface area contributed by atoms with Crippen LogP contribution in [0.1, 0.15) is 19.3 Å². The minimum atomic E-state index is 0.0307. The minimum Gasteiger partial charge on any atom is -0.383 e. The molecule has 4 rings (SSSR count). The number of morpholine rings is 1. The molecule has 0 aromatic carbocycles. The highest BCUT2D eigenvalue weighted by molar-refractivity contribution is 5.53. The highest BCUT2D eigenvalue weighted by Crippen LogP contribution is 2.39. The number of aryl methyl sites for hydroxylation is 1. The Kier molecular flexibility index (Phi) is 4.01. The van der Waals surface area contributed by atoms with Crippen LogP contribution in [0.25, 0.3) is 11.5 Å². The molecular formula is C16H24N6O2. The molecule has 8 heteroatoms. The lowest BCUT2D eigenvalue weighted by molar-refractivity contribution is -0.107. The largest absolute Gasteiger partial charge is 0.383 e. The second kappa shape index (κ2) is 6.18. The molecular weight excluding hydrogens is 308 g/mol. The first kappa shape index (κ1) is 15.6. The number of hydrogen-bond donors (Lipinski definition) is 0. The highest BCUT2D eigenvalue weighted by atomic mass is 16.5. The zero-order valence-corrected chi connectivity index (χ0v) is 14.3. The third kappa shape index (κ3) is 2.59. The van der Waals surface area contributed by atoms with Crippen LogP contribution in [0.3, 0.4) is 0 Å². The first-order chi connectivity index (χ1) is 11.7. The number of methoxy groups -OCH3 is 1. The molecule has 130 valence electrons. The summed E-state index contributed by atoms with van der Waals surface area (Å²) in [5, 5.41) is 13.2. The lowest BCUT2D eigenvalue weighted by Crippen LogP contribution is -2.56. The van der Waals surface area contributed by atoms with Crippen molar-refractivity contribution in [2.45, 2.75) is 31.4 Å². The Balaban J connectivity index is 1.67. The molecule has 0 N–H and O–H groups in total. The molecule has 0 radical (unpaired) electrons. The predicted molar refractivity (Wildman–Crippen MR) is 88.8 cm³/mol. The molecule has 0 amide bonds. The van der Waals surface area contributed by atoms with Crippen molar-refractivity contribution >= 4 is 5.95 Å². The van der Waals surface area contributed by atoms with Gasteiger partial charge in [0.25, 0.3) is 0 Å². The van der Waals surface area contributed by atoms with Crippen LogP contribution in [0.15, 0.2) is 12.3 Å². The molecule has 1 saturated heterocycles. The molecule has 2 aromatic rings. The van der Waals surface area contributed by atoms with Gasteiger partial charge in [-0.05, 0) is 25.3 Å². The van der Waals surface area contributed by atoms with Crippen LogP contribution in [-0.4, -0.2) is 63.6 Å². The smallest absolute Gasteiger partial charge is 0.227 e. The van der Waals surface area contributed by atoms with Gasteiger partial charge in [0.05, 0.1) is 25.4 Å². The van der Waals surface area contributed by atoms with E-state index < -0.39 is 0 Å². The van der Waals surface area contributed by atoms with Gasteiger partial charge >= 0.3 is 0 Å². The van der Waals surface area contributed by atoms with Crippen LogP contribution in [-0.2, 0) is 23.1 Å². The fourth-order valence-electron chi connectivity index (χ4n) is 3.59. The summed E-state index contributed by atoms with van der Waals surface area (Å²) in [4.78, 5) is 2.31. The van der Waals surface area contributed by atoms with E-state index in [1.807, 2.05) is 17.8 Å². The average molecular weight is 332 g/mol. The third-order valence-electron chi connectivity index (χ3n) is 5.10. The minimum absolute atomic E-state index is 0.0307. The lowest BCUT2D eigenvalue weighted by atomic mass is 9.79. The SMILES string of the molecule is COCCn1c(-c2ccnn2C)nnc1N1CCOC2(CCC2)C1. The van der Waals surface area contributed by atoms with Gasteiger partial charge in [-0.25, -0.2) is 0 Å². The molecule has 0 atom stereocenters. The summed E-state index contributed by atoms with van der Waals surface area (Å²) in [6, 6.07) is 1.96. The van der Waals surface area contributed by atoms with Crippen LogP contribution in [0.4, 0.5) is 5.95 Å². The number of hydrogen-bond acceptors (Lipinski definition) is 6. The Labute approximate surface area is 141 Å². The fourth-order valence-corrected chi connectivity index (χ4v) is 3.59. The van der Waals surface area contributed by atoms with Gasteiger partial charge in [-0.1, -0.05) is 0 Å². The summed E-state index contributed by atoms with van der Waals surface area (Å²) in [6.07, 6.45) is 5.32. The number of anilines is 1. The first-order valence-corrected chi connectivity index (χ1v) is 8.52. The van der Waals surface area contributed by atoms with E-state index in [1.54, 1.807) is 13.3 Å². The topological polar surface area (TPSA) is 70.2 Å². The van der Waals surface area contributed by atoms with Gasteiger partial charge in [-0.3, -0.25) is 9.25 Å². The van der Waals surface area contributed by atoms with Crippen molar-refractivity contribution in [3.63, 3.8) is 0 Å². The lowest BCUT2D eigenvalue weighted by Gasteiger charge is -2.48. The van der Waals surface area contributed by atoms with E-state index >= 15 is 0 Å². The Bertz CT molecular complexity index is 705. The Morgan fingerprint density at radius 2 is 2.21 bits per heavy atom. The van der Waals surface area contributed by atoms with Crippen molar-refractivity contribution < 1.29 is 9.47 Å². The molecule has 0 bridgehead atoms. The molecule has 1 aliphatic heterocycles. The van der Waals surface area contributed by atoms with E-state index in [9.17, 15) is 0 Å². The monoisotopic (exact) mass is 332 g/mol. The Hall–Kier alpha value is -1.93. The van der Waals surface area contributed by atoms with Gasteiger partial charge in [-0.2, -0.15) is 5.10 Å². The van der Waals surface area contributed by atoms with E-state index in [2.05, 4.69) is 24.8 Å². The molecule has 3 heterocycles. The predicted octanol–water partition coefficient (Wildman–Crippen LogP) is 1.08. The van der Waals surface area contributed by atoms with Crippen LogP contribution in [0.5, 0.6) is 0 Å². The maximum Gasteiger partial charge on any atom is 0.227 e. The van der Waals surface area contributed by atoms with Crippen molar-refractivity contribution in [1.29, 1.82) is 0 Å². The molecule has 24 heavy (non-hydrogen) atoms. The molecule has 1 spiro atoms. The zero-order chi connectivity index (χ0) is 16.6. The van der Waals surface area contributed by atoms with Gasteiger partial charge in [0.15, 0.2) is 5.82 Å². The molecule has 0 unspecified atom stereocenters. The van der Waals surface area contributed by atoms with E-state index in [4.69, 9.17) is 9.47 Å². The summed E-state index contributed by atoms with van der Waals surface area (Å²) in [5.74, 6) is 1.73. The Morgan fingerprint density at radius 3 is 2.88 bits per heavy atom. The molecule has 2 aliphatic rings. The van der Waals surface area contributed by atoms with Crippen molar-refractivity contribution in [2.75, 3.05) is 38.3 Å². The molecule has 8 nitrogen and oxygen atoms in total. The molecule has 1 aliphatic carbocycles. The van der Waals surface area contributed by atoms with Crippen LogP contribution >= 0.6 is 0 Å². The van der Waals surface area contributed by atoms with Gasteiger partial charge < -0.3 is 14.4 Å². The normalized spacial score (nSPS) is 19.7. The van der Waals surface area contributed by atoms with Gasteiger partial charge in [0.2, 0.25) is 5.95 Å². The van der Waals surface area contributed by atoms with Gasteiger partial charge in [0, 0.05) is 33.4 Å². The maximum absolute atomic E-state index is 6.03. The van der Waals surface area contributed by atoms with Gasteiger partial charge in [-0.15, -0.1) is 10.2 Å². The number of rotatable bonds is 5. The second-order valence-corrected chi connectivity index (χ2v) is 6.61. The summed E-state index contributed by atoms with van der Waals surface area (Å²) in [7, 11) is 3.63. The van der Waals surface area contributed by atoms with Crippen LogP contribution in [0, 0.1) is 0 Å². The van der Waals surface area contributed by atoms with Gasteiger partial charge in [0.1, 0.15) is 5.69 Å². The fraction of sp³-hybridized carbons (Fsp3) is 0.688. The maximum atomic E-state index is 6.03. The van der Waals surface area contributed by atoms with Crippen molar-refractivity contribution in [3.05, 3.63) is 12.3 Å². The molecule has 2 fully saturated rings. The number of ether oxygens (including phenoxy) is 2. The van der Waals surface area contributed by atoms with E-state index in [-0.39, 0.29) is 5.60 Å². The first-order valence-electron chi connectivity index (χ1n) is 8.52. The van der Waals surface area contributed by atoms with Crippen molar-refractivity contribution in [2.24, 2.45) is 7.05 Å². The molecule has 1 saturated carbocycles. The van der Waals surface area contributed by atoms with E-state index in [0.29, 0.717) is 13.2 Å². The molecule has 2 aromatic heterocycles. The summed E-state index contributed by atoms with van der Waals surface area (Å²) in [6.45, 7) is 3.81. The van der Waals surface area contributed by atoms with Crippen molar-refractivity contribution in [3.8, 4) is 11.5 Å². The summed E-state index contributed by atoms with van der Waals surface area (Å²) >= 11 is 0. The summed E-state index contributed by atoms with van der Waals surface area (Å²) < 4.78 is 15.3. The van der Waals surface area contributed by atoms with Crippen LogP contribution in [0.2, 0.25) is 0 Å². The van der Waals surface area contributed by atoms with E-state index in [1.165, 1.54) is 6.42 Å². The number of aromatic nitrogens is 5. The standard InChI is InChI=1S/C16H24N6O2/c1-20-13(4-7-17-20)14-18-19-15(22(14)9-10-23-2)21-8-11-24-16(12-21)5-3-6-16/h4,7H,3,5-6,8-12H2,1-2H3. The zero-order valence-electron chi connectivity index (χ0n) is 14.3. The highest BCUT2D eigenvalue weighted by Gasteiger charge is 2.43. The van der Waals surface area contributed by atoms with Crippen molar-refractivity contribution in [1.82, 2.24) is 24.5 Å². The Morgan fingerprint density at radius 1 is 1.33 bits per heavy atom. The second-order valence-electron chi connectivity index (χ2n) is 6.61. The summed E-state index contributed by atoms with van der Waals surface area (Å²) in [5.41, 5.74) is 0.986. The third-order valence-corrected chi connectivity index (χ3v) is 5.10.